The van der Waals surface area contributed by atoms with E-state index in [0.717, 1.165) is 25.3 Å². The normalized spacial score (nSPS) is 12.4. The summed E-state index contributed by atoms with van der Waals surface area (Å²) in [4.78, 5) is 14.1. The first-order valence-electron chi connectivity index (χ1n) is 7.06. The quantitative estimate of drug-likeness (QED) is 0.775. The predicted octanol–water partition coefficient (Wildman–Crippen LogP) is 2.60. The lowest BCUT2D eigenvalue weighted by atomic mass is 10.3. The lowest BCUT2D eigenvalue weighted by Crippen LogP contribution is -2.42. The van der Waals surface area contributed by atoms with Gasteiger partial charge in [0.25, 0.3) is 0 Å². The van der Waals surface area contributed by atoms with E-state index < -0.39 is 0 Å². The van der Waals surface area contributed by atoms with E-state index >= 15 is 0 Å². The highest BCUT2D eigenvalue weighted by molar-refractivity contribution is 6.30. The van der Waals surface area contributed by atoms with Crippen LogP contribution in [0.2, 0.25) is 5.02 Å². The summed E-state index contributed by atoms with van der Waals surface area (Å²) in [7, 11) is 0. The Morgan fingerprint density at radius 3 is 2.65 bits per heavy atom. The van der Waals surface area contributed by atoms with Gasteiger partial charge in [-0.2, -0.15) is 0 Å². The third-order valence-corrected chi connectivity index (χ3v) is 3.38. The minimum atomic E-state index is -0.0568. The van der Waals surface area contributed by atoms with Gasteiger partial charge in [0.05, 0.1) is 6.54 Å². The Hall–Kier alpha value is -1.10. The van der Waals surface area contributed by atoms with Gasteiger partial charge in [0.1, 0.15) is 0 Å². The molecular weight excluding hydrogens is 274 g/mol. The van der Waals surface area contributed by atoms with Crippen LogP contribution in [0.4, 0.5) is 5.69 Å². The van der Waals surface area contributed by atoms with Crippen LogP contribution in [-0.4, -0.2) is 43.0 Å². The Morgan fingerprint density at radius 1 is 1.35 bits per heavy atom. The van der Waals surface area contributed by atoms with Crippen molar-refractivity contribution in [2.24, 2.45) is 0 Å². The second kappa shape index (κ2) is 8.95. The largest absolute Gasteiger partial charge is 0.325 e. The number of amides is 1. The molecule has 1 amide bonds. The molecule has 1 atom stereocenters. The van der Waals surface area contributed by atoms with Crippen LogP contribution < -0.4 is 10.6 Å². The average molecular weight is 298 g/mol. The zero-order valence-corrected chi connectivity index (χ0v) is 13.2. The summed E-state index contributed by atoms with van der Waals surface area (Å²) in [5.41, 5.74) is 0.723. The molecular formula is C15H24ClN3O. The highest BCUT2D eigenvalue weighted by atomic mass is 35.5. The van der Waals surface area contributed by atoms with Crippen LogP contribution >= 0.6 is 11.6 Å². The standard InChI is InChI=1S/C15H24ClN3O/c1-4-19(5-2)11-12(3)17-10-15(20)18-14-8-6-7-13(16)9-14/h6-9,12,17H,4-5,10-11H2,1-3H3,(H,18,20). The number of carbonyl (C=O) groups is 1. The van der Waals surface area contributed by atoms with Gasteiger partial charge in [-0.05, 0) is 38.2 Å². The third-order valence-electron chi connectivity index (χ3n) is 3.15. The number of halogens is 1. The Kier molecular flexibility index (Phi) is 7.59. The Balaban J connectivity index is 2.32. The Morgan fingerprint density at radius 2 is 2.05 bits per heavy atom. The lowest BCUT2D eigenvalue weighted by molar-refractivity contribution is -0.115. The van der Waals surface area contributed by atoms with Crippen LogP contribution in [0.15, 0.2) is 24.3 Å². The van der Waals surface area contributed by atoms with Crippen molar-refractivity contribution >= 4 is 23.2 Å². The molecule has 0 bridgehead atoms. The molecule has 0 fully saturated rings. The number of rotatable bonds is 8. The minimum Gasteiger partial charge on any atom is -0.325 e. The van der Waals surface area contributed by atoms with Gasteiger partial charge in [-0.25, -0.2) is 0 Å². The fraction of sp³-hybridized carbons (Fsp3) is 0.533. The van der Waals surface area contributed by atoms with E-state index in [1.54, 1.807) is 12.1 Å². The van der Waals surface area contributed by atoms with Crippen molar-refractivity contribution in [2.75, 3.05) is 31.5 Å². The molecule has 112 valence electrons. The van der Waals surface area contributed by atoms with Gasteiger partial charge in [-0.3, -0.25) is 4.79 Å². The first-order chi connectivity index (χ1) is 9.55. The molecule has 5 heteroatoms. The molecule has 0 aromatic heterocycles. The molecule has 0 heterocycles. The number of likely N-dealkylation sites (N-methyl/N-ethyl adjacent to an activating group) is 1. The summed E-state index contributed by atoms with van der Waals surface area (Å²) < 4.78 is 0. The van der Waals surface area contributed by atoms with Crippen molar-refractivity contribution in [1.29, 1.82) is 0 Å². The molecule has 1 aromatic rings. The van der Waals surface area contributed by atoms with Crippen LogP contribution in [0.5, 0.6) is 0 Å². The van der Waals surface area contributed by atoms with Crippen LogP contribution in [0.1, 0.15) is 20.8 Å². The Bertz CT molecular complexity index is 421. The SMILES string of the molecule is CCN(CC)CC(C)NCC(=O)Nc1cccc(Cl)c1. The molecule has 0 spiro atoms. The maximum atomic E-state index is 11.8. The maximum absolute atomic E-state index is 11.8. The zero-order chi connectivity index (χ0) is 15.0. The first-order valence-corrected chi connectivity index (χ1v) is 7.44. The predicted molar refractivity (Wildman–Crippen MR) is 85.3 cm³/mol. The van der Waals surface area contributed by atoms with E-state index in [1.807, 2.05) is 12.1 Å². The molecule has 0 aliphatic heterocycles. The average Bonchev–Trinajstić information content (AvgIpc) is 2.42. The number of nitrogens with one attached hydrogen (secondary N) is 2. The van der Waals surface area contributed by atoms with Crippen molar-refractivity contribution in [3.63, 3.8) is 0 Å². The molecule has 20 heavy (non-hydrogen) atoms. The van der Waals surface area contributed by atoms with Crippen molar-refractivity contribution in [2.45, 2.75) is 26.8 Å². The van der Waals surface area contributed by atoms with E-state index in [-0.39, 0.29) is 11.9 Å². The highest BCUT2D eigenvalue weighted by Crippen LogP contribution is 2.14. The number of nitrogens with zero attached hydrogens (tertiary/aromatic N) is 1. The van der Waals surface area contributed by atoms with E-state index in [4.69, 9.17) is 11.6 Å². The van der Waals surface area contributed by atoms with Crippen molar-refractivity contribution in [3.8, 4) is 0 Å². The molecule has 0 aliphatic rings. The number of hydrogen-bond donors (Lipinski definition) is 2. The number of hydrogen-bond acceptors (Lipinski definition) is 3. The monoisotopic (exact) mass is 297 g/mol. The second-order valence-corrected chi connectivity index (χ2v) is 5.26. The second-order valence-electron chi connectivity index (χ2n) is 4.83. The minimum absolute atomic E-state index is 0.0568. The van der Waals surface area contributed by atoms with Crippen LogP contribution in [0.3, 0.4) is 0 Å². The van der Waals surface area contributed by atoms with Gasteiger partial charge in [0.15, 0.2) is 0 Å². The summed E-state index contributed by atoms with van der Waals surface area (Å²) in [6.07, 6.45) is 0. The van der Waals surface area contributed by atoms with E-state index in [1.165, 1.54) is 0 Å². The summed E-state index contributed by atoms with van der Waals surface area (Å²) in [6.45, 7) is 9.66. The molecule has 0 saturated heterocycles. The molecule has 1 unspecified atom stereocenters. The molecule has 1 rings (SSSR count). The molecule has 0 aliphatic carbocycles. The summed E-state index contributed by atoms with van der Waals surface area (Å²) in [5.74, 6) is -0.0568. The van der Waals surface area contributed by atoms with Crippen LogP contribution in [0, 0.1) is 0 Å². The van der Waals surface area contributed by atoms with Gasteiger partial charge in [0, 0.05) is 23.3 Å². The molecule has 0 radical (unpaired) electrons. The lowest BCUT2D eigenvalue weighted by Gasteiger charge is -2.23. The Labute approximate surface area is 126 Å². The fourth-order valence-electron chi connectivity index (χ4n) is 1.97. The number of carbonyl (C=O) groups excluding carboxylic acids is 1. The van der Waals surface area contributed by atoms with Gasteiger partial charge >= 0.3 is 0 Å². The van der Waals surface area contributed by atoms with Crippen molar-refractivity contribution < 1.29 is 4.79 Å². The fourth-order valence-corrected chi connectivity index (χ4v) is 2.16. The topological polar surface area (TPSA) is 44.4 Å². The van der Waals surface area contributed by atoms with Gasteiger partial charge in [-0.1, -0.05) is 31.5 Å². The molecule has 4 nitrogen and oxygen atoms in total. The number of benzene rings is 1. The van der Waals surface area contributed by atoms with Crippen LogP contribution in [0.25, 0.3) is 0 Å². The molecule has 2 N–H and O–H groups in total. The van der Waals surface area contributed by atoms with E-state index in [0.29, 0.717) is 11.6 Å². The van der Waals surface area contributed by atoms with Gasteiger partial charge in [-0.15, -0.1) is 0 Å². The zero-order valence-electron chi connectivity index (χ0n) is 12.4. The van der Waals surface area contributed by atoms with E-state index in [2.05, 4.69) is 36.3 Å². The van der Waals surface area contributed by atoms with Crippen LogP contribution in [-0.2, 0) is 4.79 Å². The van der Waals surface area contributed by atoms with Gasteiger partial charge < -0.3 is 15.5 Å². The first kappa shape index (κ1) is 17.0. The summed E-state index contributed by atoms with van der Waals surface area (Å²) in [5, 5.41) is 6.67. The highest BCUT2D eigenvalue weighted by Gasteiger charge is 2.09. The van der Waals surface area contributed by atoms with Crippen molar-refractivity contribution in [3.05, 3.63) is 29.3 Å². The van der Waals surface area contributed by atoms with E-state index in [9.17, 15) is 4.79 Å². The third kappa shape index (κ3) is 6.37. The van der Waals surface area contributed by atoms with Crippen molar-refractivity contribution in [1.82, 2.24) is 10.2 Å². The maximum Gasteiger partial charge on any atom is 0.238 e. The summed E-state index contributed by atoms with van der Waals surface area (Å²) >= 11 is 5.87. The smallest absolute Gasteiger partial charge is 0.238 e. The molecule has 1 aromatic carbocycles. The van der Waals surface area contributed by atoms with Gasteiger partial charge in [0.2, 0.25) is 5.91 Å². The number of anilines is 1. The molecule has 0 saturated carbocycles. The summed E-state index contributed by atoms with van der Waals surface area (Å²) in [6, 6.07) is 7.43.